The Balaban J connectivity index is 1.91. The molecule has 0 saturated heterocycles. The largest absolute Gasteiger partial charge is 0.497 e. The second-order valence-electron chi connectivity index (χ2n) is 6.72. The highest BCUT2D eigenvalue weighted by Gasteiger charge is 2.32. The molecule has 2 aromatic rings. The van der Waals surface area contributed by atoms with E-state index in [0.29, 0.717) is 29.4 Å². The van der Waals surface area contributed by atoms with Crippen molar-refractivity contribution in [1.29, 1.82) is 0 Å². The van der Waals surface area contributed by atoms with E-state index in [1.807, 2.05) is 12.1 Å². The molecule has 0 bridgehead atoms. The van der Waals surface area contributed by atoms with E-state index in [9.17, 15) is 4.79 Å². The van der Waals surface area contributed by atoms with E-state index in [1.165, 1.54) is 0 Å². The lowest BCUT2D eigenvalue weighted by Gasteiger charge is -2.29. The van der Waals surface area contributed by atoms with Gasteiger partial charge in [-0.15, -0.1) is 0 Å². The fourth-order valence-corrected chi connectivity index (χ4v) is 2.90. The first-order valence-electron chi connectivity index (χ1n) is 7.79. The number of hydrogen-bond acceptors (Lipinski definition) is 6. The average Bonchev–Trinajstić information content (AvgIpc) is 2.52. The number of ketones is 1. The zero-order valence-electron chi connectivity index (χ0n) is 14.3. The van der Waals surface area contributed by atoms with E-state index >= 15 is 0 Å². The molecule has 0 aliphatic heterocycles. The summed E-state index contributed by atoms with van der Waals surface area (Å²) in [4.78, 5) is 21.0. The summed E-state index contributed by atoms with van der Waals surface area (Å²) in [5.74, 6) is 1.91. The van der Waals surface area contributed by atoms with Crippen LogP contribution < -0.4 is 14.8 Å². The molecule has 3 rings (SSSR count). The quantitative estimate of drug-likeness (QED) is 0.928. The van der Waals surface area contributed by atoms with Gasteiger partial charge in [-0.25, -0.2) is 9.97 Å². The van der Waals surface area contributed by atoms with Gasteiger partial charge in [0.2, 0.25) is 5.95 Å². The molecular weight excluding hydrogens is 306 g/mol. The van der Waals surface area contributed by atoms with Crippen LogP contribution in [0.25, 0.3) is 0 Å². The van der Waals surface area contributed by atoms with Crippen molar-refractivity contribution in [1.82, 2.24) is 9.97 Å². The number of carbonyl (C=O) groups excluding carboxylic acids is 1. The predicted molar refractivity (Wildman–Crippen MR) is 91.3 cm³/mol. The standard InChI is InChI=1S/C18H21N3O3/c1-18(2)8-15-14(16(22)9-18)10-19-17(21-15)20-11-5-12(23-3)7-13(6-11)24-4/h5-7,10H,8-9H2,1-4H3,(H,19,20,21). The smallest absolute Gasteiger partial charge is 0.227 e. The van der Waals surface area contributed by atoms with Crippen LogP contribution in [0.5, 0.6) is 11.5 Å². The molecule has 1 aromatic heterocycles. The summed E-state index contributed by atoms with van der Waals surface area (Å²) in [6.07, 6.45) is 2.90. The van der Waals surface area contributed by atoms with E-state index in [-0.39, 0.29) is 11.2 Å². The number of nitrogens with zero attached hydrogens (tertiary/aromatic N) is 2. The molecule has 1 aliphatic carbocycles. The molecule has 126 valence electrons. The van der Waals surface area contributed by atoms with E-state index < -0.39 is 0 Å². The number of rotatable bonds is 4. The van der Waals surface area contributed by atoms with E-state index in [1.54, 1.807) is 26.5 Å². The van der Waals surface area contributed by atoms with Crippen LogP contribution in [-0.2, 0) is 6.42 Å². The van der Waals surface area contributed by atoms with Gasteiger partial charge in [-0.2, -0.15) is 0 Å². The number of anilines is 2. The first-order valence-corrected chi connectivity index (χ1v) is 7.79. The number of methoxy groups -OCH3 is 2. The minimum absolute atomic E-state index is 0.0745. The number of aromatic nitrogens is 2. The molecule has 0 saturated carbocycles. The lowest BCUT2D eigenvalue weighted by molar-refractivity contribution is 0.0910. The van der Waals surface area contributed by atoms with Crippen LogP contribution in [0.2, 0.25) is 0 Å². The first-order chi connectivity index (χ1) is 11.4. The zero-order valence-corrected chi connectivity index (χ0v) is 14.3. The third-order valence-corrected chi connectivity index (χ3v) is 4.06. The molecule has 0 spiro atoms. The summed E-state index contributed by atoms with van der Waals surface area (Å²) < 4.78 is 10.5. The Morgan fingerprint density at radius 2 is 1.75 bits per heavy atom. The fourth-order valence-electron chi connectivity index (χ4n) is 2.90. The van der Waals surface area contributed by atoms with Gasteiger partial charge >= 0.3 is 0 Å². The van der Waals surface area contributed by atoms with Gasteiger partial charge in [0.25, 0.3) is 0 Å². The van der Waals surface area contributed by atoms with Crippen LogP contribution >= 0.6 is 0 Å². The average molecular weight is 327 g/mol. The zero-order chi connectivity index (χ0) is 17.3. The van der Waals surface area contributed by atoms with Gasteiger partial charge < -0.3 is 14.8 Å². The van der Waals surface area contributed by atoms with Gasteiger partial charge in [0.1, 0.15) is 11.5 Å². The highest BCUT2D eigenvalue weighted by molar-refractivity contribution is 5.98. The molecule has 6 heteroatoms. The lowest BCUT2D eigenvalue weighted by atomic mass is 9.76. The van der Waals surface area contributed by atoms with Gasteiger partial charge in [-0.1, -0.05) is 13.8 Å². The molecule has 0 unspecified atom stereocenters. The van der Waals surface area contributed by atoms with Crippen LogP contribution in [-0.4, -0.2) is 30.0 Å². The molecule has 1 heterocycles. The summed E-state index contributed by atoms with van der Waals surface area (Å²) in [6.45, 7) is 4.16. The maximum Gasteiger partial charge on any atom is 0.227 e. The number of hydrogen-bond donors (Lipinski definition) is 1. The van der Waals surface area contributed by atoms with E-state index in [4.69, 9.17) is 9.47 Å². The van der Waals surface area contributed by atoms with Crippen LogP contribution in [0.15, 0.2) is 24.4 Å². The number of Topliss-reactive ketones (excluding diaryl/α,β-unsaturated/α-hetero) is 1. The molecule has 0 fully saturated rings. The van der Waals surface area contributed by atoms with Crippen molar-refractivity contribution < 1.29 is 14.3 Å². The minimum Gasteiger partial charge on any atom is -0.497 e. The third kappa shape index (κ3) is 3.32. The third-order valence-electron chi connectivity index (χ3n) is 4.06. The summed E-state index contributed by atoms with van der Waals surface area (Å²) in [7, 11) is 3.20. The van der Waals surface area contributed by atoms with Crippen molar-refractivity contribution in [3.05, 3.63) is 35.7 Å². The van der Waals surface area contributed by atoms with E-state index in [0.717, 1.165) is 17.8 Å². The van der Waals surface area contributed by atoms with Crippen molar-refractivity contribution in [3.63, 3.8) is 0 Å². The van der Waals surface area contributed by atoms with Crippen LogP contribution in [0, 0.1) is 5.41 Å². The number of benzene rings is 1. The van der Waals surface area contributed by atoms with Crippen molar-refractivity contribution in [2.75, 3.05) is 19.5 Å². The monoisotopic (exact) mass is 327 g/mol. The Kier molecular flexibility index (Phi) is 4.13. The SMILES string of the molecule is COc1cc(Nc2ncc3c(n2)CC(C)(C)CC3=O)cc(OC)c1. The second kappa shape index (κ2) is 6.11. The van der Waals surface area contributed by atoms with Gasteiger partial charge in [0.15, 0.2) is 5.78 Å². The fraction of sp³-hybridized carbons (Fsp3) is 0.389. The first kappa shape index (κ1) is 16.2. The van der Waals surface area contributed by atoms with Gasteiger partial charge in [0, 0.05) is 36.5 Å². The summed E-state index contributed by atoms with van der Waals surface area (Å²) in [6, 6.07) is 5.46. The predicted octanol–water partition coefficient (Wildman–Crippen LogP) is 3.39. The topological polar surface area (TPSA) is 73.3 Å². The summed E-state index contributed by atoms with van der Waals surface area (Å²) >= 11 is 0. The molecule has 1 aromatic carbocycles. The molecule has 0 amide bonds. The van der Waals surface area contributed by atoms with E-state index in [2.05, 4.69) is 29.1 Å². The molecule has 6 nitrogen and oxygen atoms in total. The molecular formula is C18H21N3O3. The van der Waals surface area contributed by atoms with Crippen molar-refractivity contribution >= 4 is 17.4 Å². The van der Waals surface area contributed by atoms with Gasteiger partial charge in [-0.3, -0.25) is 4.79 Å². The highest BCUT2D eigenvalue weighted by Crippen LogP contribution is 2.34. The van der Waals surface area contributed by atoms with Crippen molar-refractivity contribution in [2.24, 2.45) is 5.41 Å². The van der Waals surface area contributed by atoms with Crippen LogP contribution in [0.3, 0.4) is 0 Å². The summed E-state index contributed by atoms with van der Waals surface area (Å²) in [5, 5.41) is 3.15. The second-order valence-corrected chi connectivity index (χ2v) is 6.72. The molecule has 24 heavy (non-hydrogen) atoms. The van der Waals surface area contributed by atoms with Gasteiger partial charge in [-0.05, 0) is 11.8 Å². The summed E-state index contributed by atoms with van der Waals surface area (Å²) in [5.41, 5.74) is 2.11. The molecule has 1 N–H and O–H groups in total. The lowest BCUT2D eigenvalue weighted by Crippen LogP contribution is -2.28. The van der Waals surface area contributed by atoms with Crippen molar-refractivity contribution in [2.45, 2.75) is 26.7 Å². The number of fused-ring (bicyclic) bond motifs is 1. The van der Waals surface area contributed by atoms with Gasteiger partial charge in [0.05, 0.1) is 25.5 Å². The van der Waals surface area contributed by atoms with Crippen molar-refractivity contribution in [3.8, 4) is 11.5 Å². The Morgan fingerprint density at radius 1 is 1.08 bits per heavy atom. The number of ether oxygens (including phenoxy) is 2. The maximum absolute atomic E-state index is 12.2. The minimum atomic E-state index is -0.0745. The Hall–Kier alpha value is -2.63. The number of carbonyl (C=O) groups is 1. The number of nitrogens with one attached hydrogen (secondary N) is 1. The Morgan fingerprint density at radius 3 is 2.38 bits per heavy atom. The Labute approximate surface area is 141 Å². The molecule has 0 radical (unpaired) electrons. The molecule has 1 aliphatic rings. The Bertz CT molecular complexity index is 765. The van der Waals surface area contributed by atoms with Crippen LogP contribution in [0.4, 0.5) is 11.6 Å². The normalized spacial score (nSPS) is 15.6. The maximum atomic E-state index is 12.2. The highest BCUT2D eigenvalue weighted by atomic mass is 16.5. The van der Waals surface area contributed by atoms with Crippen LogP contribution in [0.1, 0.15) is 36.3 Å². The molecule has 0 atom stereocenters.